The fourth-order valence-corrected chi connectivity index (χ4v) is 3.88. The van der Waals surface area contributed by atoms with Crippen LogP contribution in [-0.2, 0) is 9.59 Å². The van der Waals surface area contributed by atoms with Crippen LogP contribution in [0.4, 0.5) is 0 Å². The van der Waals surface area contributed by atoms with Crippen LogP contribution in [0.3, 0.4) is 0 Å². The zero-order chi connectivity index (χ0) is 24.3. The van der Waals surface area contributed by atoms with Crippen LogP contribution in [0.5, 0.6) is 5.75 Å². The minimum Gasteiger partial charge on any atom is -0.507 e. The monoisotopic (exact) mass is 490 g/mol. The number of hydrogen-bond acceptors (Lipinski definition) is 5. The highest BCUT2D eigenvalue weighted by molar-refractivity contribution is 6.46. The van der Waals surface area contributed by atoms with Gasteiger partial charge in [0.05, 0.1) is 28.3 Å². The maximum absolute atomic E-state index is 13.0. The third-order valence-corrected chi connectivity index (χ3v) is 6.04. The maximum atomic E-state index is 13.0. The van der Waals surface area contributed by atoms with Gasteiger partial charge in [-0.25, -0.2) is 0 Å². The Morgan fingerprint density at radius 3 is 2.33 bits per heavy atom. The topological polar surface area (TPSA) is 70.1 Å². The Kier molecular flexibility index (Phi) is 8.05. The number of ketones is 1. The fraction of sp³-hybridized carbons (Fsp3) is 0.360. The molecule has 1 fully saturated rings. The number of ether oxygens (including phenoxy) is 1. The van der Waals surface area contributed by atoms with Gasteiger partial charge in [-0.2, -0.15) is 0 Å². The van der Waals surface area contributed by atoms with Gasteiger partial charge in [0.25, 0.3) is 11.7 Å². The van der Waals surface area contributed by atoms with E-state index in [2.05, 4.69) is 13.8 Å². The molecule has 0 aliphatic carbocycles. The second-order valence-corrected chi connectivity index (χ2v) is 9.51. The quantitative estimate of drug-likeness (QED) is 0.319. The van der Waals surface area contributed by atoms with E-state index in [1.54, 1.807) is 42.5 Å². The van der Waals surface area contributed by atoms with Gasteiger partial charge in [0.15, 0.2) is 0 Å². The molecule has 1 aliphatic rings. The number of benzene rings is 2. The van der Waals surface area contributed by atoms with Crippen molar-refractivity contribution in [1.29, 1.82) is 0 Å². The van der Waals surface area contributed by atoms with Gasteiger partial charge in [-0.1, -0.05) is 43.1 Å². The summed E-state index contributed by atoms with van der Waals surface area (Å²) in [4.78, 5) is 29.4. The third-order valence-electron chi connectivity index (χ3n) is 5.30. The second kappa shape index (κ2) is 10.6. The number of carbonyl (C=O) groups is 2. The molecule has 3 rings (SSSR count). The van der Waals surface area contributed by atoms with E-state index in [1.807, 2.05) is 19.0 Å². The summed E-state index contributed by atoms with van der Waals surface area (Å²) < 4.78 is 5.69. The van der Waals surface area contributed by atoms with Gasteiger partial charge in [-0.3, -0.25) is 9.59 Å². The smallest absolute Gasteiger partial charge is 0.295 e. The molecular weight excluding hydrogens is 463 g/mol. The lowest BCUT2D eigenvalue weighted by Crippen LogP contribution is -2.35. The van der Waals surface area contributed by atoms with Crippen LogP contribution >= 0.6 is 23.2 Å². The molecule has 1 aliphatic heterocycles. The molecular formula is C25H28Cl2N2O4. The standard InChI is InChI=1S/C25H28Cl2N2O4/c1-15(2)14-33-18-8-5-16(6-9-18)23(30)21-22(17-7-10-19(26)20(27)13-17)29(12-11-28(3)4)25(32)24(21)31/h5-10,13,15,22,30H,11-12,14H2,1-4H3/t22-/m0/s1. The molecule has 0 spiro atoms. The minimum atomic E-state index is -0.781. The van der Waals surface area contributed by atoms with E-state index < -0.39 is 17.7 Å². The molecule has 0 radical (unpaired) electrons. The molecule has 1 amide bonds. The zero-order valence-corrected chi connectivity index (χ0v) is 20.7. The van der Waals surface area contributed by atoms with Crippen molar-refractivity contribution in [3.8, 4) is 5.75 Å². The van der Waals surface area contributed by atoms with Crippen molar-refractivity contribution in [2.24, 2.45) is 5.92 Å². The van der Waals surface area contributed by atoms with E-state index in [9.17, 15) is 14.7 Å². The van der Waals surface area contributed by atoms with Gasteiger partial charge in [0.1, 0.15) is 11.5 Å². The van der Waals surface area contributed by atoms with Gasteiger partial charge in [-0.05, 0) is 62.0 Å². The number of hydrogen-bond donors (Lipinski definition) is 1. The van der Waals surface area contributed by atoms with Gasteiger partial charge in [-0.15, -0.1) is 0 Å². The number of rotatable bonds is 8. The van der Waals surface area contributed by atoms with Crippen LogP contribution in [0.2, 0.25) is 10.0 Å². The number of likely N-dealkylation sites (N-methyl/N-ethyl adjacent to an activating group) is 1. The molecule has 1 saturated heterocycles. The molecule has 1 N–H and O–H groups in total. The molecule has 33 heavy (non-hydrogen) atoms. The van der Waals surface area contributed by atoms with Crippen LogP contribution in [0.1, 0.15) is 31.0 Å². The van der Waals surface area contributed by atoms with Gasteiger partial charge in [0, 0.05) is 18.7 Å². The van der Waals surface area contributed by atoms with Crippen LogP contribution in [0.25, 0.3) is 5.76 Å². The van der Waals surface area contributed by atoms with Crippen molar-refractivity contribution in [2.75, 3.05) is 33.8 Å². The predicted molar refractivity (Wildman–Crippen MR) is 131 cm³/mol. The highest BCUT2D eigenvalue weighted by atomic mass is 35.5. The van der Waals surface area contributed by atoms with E-state index in [0.717, 1.165) is 0 Å². The normalized spacial score (nSPS) is 17.9. The predicted octanol–water partition coefficient (Wildman–Crippen LogP) is 5.01. The Labute approximate surface area is 204 Å². The molecule has 2 aromatic carbocycles. The molecule has 8 heteroatoms. The first-order valence-electron chi connectivity index (χ1n) is 10.7. The van der Waals surface area contributed by atoms with Gasteiger partial charge < -0.3 is 19.6 Å². The SMILES string of the molecule is CC(C)COc1ccc(C(O)=C2C(=O)C(=O)N(CCN(C)C)[C@H]2c2ccc(Cl)c(Cl)c2)cc1. The number of likely N-dealkylation sites (tertiary alicyclic amines) is 1. The van der Waals surface area contributed by atoms with Crippen LogP contribution in [0, 0.1) is 5.92 Å². The average Bonchev–Trinajstić information content (AvgIpc) is 3.02. The maximum Gasteiger partial charge on any atom is 0.295 e. The summed E-state index contributed by atoms with van der Waals surface area (Å²) >= 11 is 12.3. The molecule has 1 heterocycles. The molecule has 1 atom stereocenters. The Morgan fingerprint density at radius 1 is 1.09 bits per heavy atom. The molecule has 0 unspecified atom stereocenters. The third kappa shape index (κ3) is 5.69. The Balaban J connectivity index is 2.05. The Morgan fingerprint density at radius 2 is 1.76 bits per heavy atom. The number of Topliss-reactive ketones (excluding diaryl/α,β-unsaturated/α-hetero) is 1. The van der Waals surface area contributed by atoms with E-state index in [-0.39, 0.29) is 11.3 Å². The number of amides is 1. The lowest BCUT2D eigenvalue weighted by atomic mass is 9.95. The summed E-state index contributed by atoms with van der Waals surface area (Å²) in [6.45, 7) is 5.53. The molecule has 0 bridgehead atoms. The van der Waals surface area contributed by atoms with Gasteiger partial charge in [0.2, 0.25) is 0 Å². The number of carbonyl (C=O) groups excluding carboxylic acids is 2. The first-order chi connectivity index (χ1) is 15.6. The lowest BCUT2D eigenvalue weighted by molar-refractivity contribution is -0.140. The minimum absolute atomic E-state index is 0.0213. The number of aliphatic hydroxyl groups excluding tert-OH is 1. The Bertz CT molecular complexity index is 1060. The number of nitrogens with zero attached hydrogens (tertiary/aromatic N) is 2. The summed E-state index contributed by atoms with van der Waals surface area (Å²) in [7, 11) is 3.77. The van der Waals surface area contributed by atoms with Crippen LogP contribution in [0.15, 0.2) is 48.0 Å². The van der Waals surface area contributed by atoms with Crippen molar-refractivity contribution < 1.29 is 19.4 Å². The van der Waals surface area contributed by atoms with Crippen molar-refractivity contribution in [3.05, 3.63) is 69.2 Å². The zero-order valence-electron chi connectivity index (χ0n) is 19.1. The molecule has 0 saturated carbocycles. The average molecular weight is 491 g/mol. The number of aliphatic hydroxyl groups is 1. The van der Waals surface area contributed by atoms with Crippen LogP contribution < -0.4 is 4.74 Å². The van der Waals surface area contributed by atoms with Crippen molar-refractivity contribution in [1.82, 2.24) is 9.80 Å². The van der Waals surface area contributed by atoms with E-state index in [1.165, 1.54) is 4.90 Å². The molecule has 0 aromatic heterocycles. The molecule has 2 aromatic rings. The fourth-order valence-electron chi connectivity index (χ4n) is 3.57. The second-order valence-electron chi connectivity index (χ2n) is 8.70. The van der Waals surface area contributed by atoms with Crippen LogP contribution in [-0.4, -0.2) is 60.4 Å². The first-order valence-corrected chi connectivity index (χ1v) is 11.5. The van der Waals surface area contributed by atoms with E-state index in [4.69, 9.17) is 27.9 Å². The molecule has 6 nitrogen and oxygen atoms in total. The summed E-state index contributed by atoms with van der Waals surface area (Å²) in [5.74, 6) is -0.601. The first kappa shape index (κ1) is 25.1. The van der Waals surface area contributed by atoms with Crippen molar-refractivity contribution >= 4 is 40.7 Å². The summed E-state index contributed by atoms with van der Waals surface area (Å²) in [5.41, 5.74) is 1.04. The summed E-state index contributed by atoms with van der Waals surface area (Å²) in [6.07, 6.45) is 0. The largest absolute Gasteiger partial charge is 0.507 e. The van der Waals surface area contributed by atoms with E-state index in [0.29, 0.717) is 52.5 Å². The summed E-state index contributed by atoms with van der Waals surface area (Å²) in [6, 6.07) is 11.0. The van der Waals surface area contributed by atoms with Gasteiger partial charge >= 0.3 is 0 Å². The van der Waals surface area contributed by atoms with E-state index >= 15 is 0 Å². The number of halogens is 2. The highest BCUT2D eigenvalue weighted by Gasteiger charge is 2.46. The lowest BCUT2D eigenvalue weighted by Gasteiger charge is -2.26. The van der Waals surface area contributed by atoms with Crippen molar-refractivity contribution in [3.63, 3.8) is 0 Å². The molecule has 176 valence electrons. The highest BCUT2D eigenvalue weighted by Crippen LogP contribution is 2.41. The van der Waals surface area contributed by atoms with Crippen molar-refractivity contribution in [2.45, 2.75) is 19.9 Å². The summed E-state index contributed by atoms with van der Waals surface area (Å²) in [5, 5.41) is 11.8. The Hall–Kier alpha value is -2.54.